The monoisotopic (exact) mass is 335 g/mol. The highest BCUT2D eigenvalue weighted by molar-refractivity contribution is 7.15. The van der Waals surface area contributed by atoms with E-state index in [1.165, 1.54) is 17.6 Å². The van der Waals surface area contributed by atoms with Crippen molar-refractivity contribution in [2.45, 2.75) is 6.92 Å². The lowest BCUT2D eigenvalue weighted by atomic mass is 10.3. The molecular weight excluding hydrogens is 318 g/mol. The number of carbonyl (C=O) groups excluding carboxylic acids is 2. The number of rotatable bonds is 4. The third-order valence-corrected chi connectivity index (χ3v) is 4.29. The molecule has 0 unspecified atom stereocenters. The van der Waals surface area contributed by atoms with Gasteiger partial charge in [0, 0.05) is 26.2 Å². The van der Waals surface area contributed by atoms with Crippen LogP contribution in [0.4, 0.5) is 5.13 Å². The molecule has 3 heterocycles. The number of piperazine rings is 1. The van der Waals surface area contributed by atoms with Gasteiger partial charge in [-0.15, -0.1) is 10.2 Å². The maximum atomic E-state index is 12.2. The van der Waals surface area contributed by atoms with Crippen molar-refractivity contribution in [1.29, 1.82) is 0 Å². The summed E-state index contributed by atoms with van der Waals surface area (Å²) < 4.78 is 5.13. The molecule has 0 saturated carbocycles. The molecule has 122 valence electrons. The van der Waals surface area contributed by atoms with Gasteiger partial charge in [0.1, 0.15) is 5.01 Å². The number of amides is 2. The minimum Gasteiger partial charge on any atom is -0.459 e. The van der Waals surface area contributed by atoms with E-state index in [4.69, 9.17) is 4.42 Å². The van der Waals surface area contributed by atoms with Crippen molar-refractivity contribution < 1.29 is 14.0 Å². The molecule has 0 aromatic carbocycles. The Morgan fingerprint density at radius 1 is 1.30 bits per heavy atom. The van der Waals surface area contributed by atoms with Crippen molar-refractivity contribution in [2.75, 3.05) is 38.0 Å². The molecule has 0 aliphatic carbocycles. The summed E-state index contributed by atoms with van der Waals surface area (Å²) in [6, 6.07) is 3.36. The number of nitrogens with one attached hydrogen (secondary N) is 1. The zero-order valence-electron chi connectivity index (χ0n) is 12.7. The van der Waals surface area contributed by atoms with Gasteiger partial charge in [-0.2, -0.15) is 0 Å². The van der Waals surface area contributed by atoms with Gasteiger partial charge in [0.2, 0.25) is 11.0 Å². The summed E-state index contributed by atoms with van der Waals surface area (Å²) in [5.41, 5.74) is 0. The van der Waals surface area contributed by atoms with Crippen LogP contribution in [0.2, 0.25) is 0 Å². The maximum absolute atomic E-state index is 12.2. The second-order valence-corrected chi connectivity index (χ2v) is 6.40. The van der Waals surface area contributed by atoms with Crippen LogP contribution in [0.5, 0.6) is 0 Å². The minimum atomic E-state index is -0.119. The Bertz CT molecular complexity index is 676. The zero-order valence-corrected chi connectivity index (χ0v) is 13.5. The van der Waals surface area contributed by atoms with Crippen LogP contribution >= 0.6 is 11.3 Å². The van der Waals surface area contributed by atoms with E-state index in [0.29, 0.717) is 37.1 Å². The Labute approximate surface area is 137 Å². The van der Waals surface area contributed by atoms with Gasteiger partial charge in [-0.1, -0.05) is 11.3 Å². The first-order valence-electron chi connectivity index (χ1n) is 7.27. The average Bonchev–Trinajstić information content (AvgIpc) is 3.19. The molecular formula is C14H17N5O3S. The molecule has 9 heteroatoms. The fourth-order valence-corrected chi connectivity index (χ4v) is 2.98. The first kappa shape index (κ1) is 15.6. The molecule has 2 amide bonds. The molecule has 1 aliphatic rings. The summed E-state index contributed by atoms with van der Waals surface area (Å²) in [6.45, 7) is 4.56. The number of carbonyl (C=O) groups is 2. The summed E-state index contributed by atoms with van der Waals surface area (Å²) in [7, 11) is 0. The standard InChI is InChI=1S/C14H17N5O3S/c1-10-16-17-14(23-10)15-12(20)9-18-4-6-19(7-5-18)13(21)11-3-2-8-22-11/h2-3,8H,4-7,9H2,1H3,(H,15,17,20). The van der Waals surface area contributed by atoms with Crippen LogP contribution in [0.15, 0.2) is 22.8 Å². The van der Waals surface area contributed by atoms with E-state index >= 15 is 0 Å². The summed E-state index contributed by atoms with van der Waals surface area (Å²) >= 11 is 1.34. The van der Waals surface area contributed by atoms with Gasteiger partial charge in [0.05, 0.1) is 12.8 Å². The van der Waals surface area contributed by atoms with Gasteiger partial charge in [-0.25, -0.2) is 0 Å². The van der Waals surface area contributed by atoms with E-state index in [1.54, 1.807) is 17.0 Å². The number of aryl methyl sites for hydroxylation is 1. The van der Waals surface area contributed by atoms with Crippen LogP contribution in [-0.4, -0.2) is 64.5 Å². The highest BCUT2D eigenvalue weighted by atomic mass is 32.1. The molecule has 1 aliphatic heterocycles. The van der Waals surface area contributed by atoms with Crippen molar-refractivity contribution in [3.05, 3.63) is 29.2 Å². The summed E-state index contributed by atoms with van der Waals surface area (Å²) in [5, 5.41) is 11.8. The van der Waals surface area contributed by atoms with Crippen LogP contribution in [-0.2, 0) is 4.79 Å². The van der Waals surface area contributed by atoms with Crippen molar-refractivity contribution >= 4 is 28.3 Å². The predicted octanol–water partition coefficient (Wildman–Crippen LogP) is 0.836. The highest BCUT2D eigenvalue weighted by Crippen LogP contribution is 2.14. The molecule has 23 heavy (non-hydrogen) atoms. The first-order valence-corrected chi connectivity index (χ1v) is 8.08. The van der Waals surface area contributed by atoms with Crippen LogP contribution in [0.3, 0.4) is 0 Å². The summed E-state index contributed by atoms with van der Waals surface area (Å²) in [4.78, 5) is 27.9. The zero-order chi connectivity index (χ0) is 16.2. The van der Waals surface area contributed by atoms with E-state index < -0.39 is 0 Å². The number of anilines is 1. The summed E-state index contributed by atoms with van der Waals surface area (Å²) in [5.74, 6) is 0.123. The summed E-state index contributed by atoms with van der Waals surface area (Å²) in [6.07, 6.45) is 1.49. The Morgan fingerprint density at radius 2 is 2.09 bits per heavy atom. The Morgan fingerprint density at radius 3 is 2.70 bits per heavy atom. The van der Waals surface area contributed by atoms with Gasteiger partial charge >= 0.3 is 0 Å². The molecule has 1 saturated heterocycles. The van der Waals surface area contributed by atoms with Crippen molar-refractivity contribution in [2.24, 2.45) is 0 Å². The normalized spacial score (nSPS) is 15.6. The number of hydrogen-bond acceptors (Lipinski definition) is 7. The van der Waals surface area contributed by atoms with Gasteiger partial charge in [0.25, 0.3) is 5.91 Å². The van der Waals surface area contributed by atoms with Crippen molar-refractivity contribution in [3.8, 4) is 0 Å². The van der Waals surface area contributed by atoms with E-state index in [1.807, 2.05) is 11.8 Å². The van der Waals surface area contributed by atoms with E-state index in [2.05, 4.69) is 15.5 Å². The largest absolute Gasteiger partial charge is 0.459 e. The van der Waals surface area contributed by atoms with Crippen LogP contribution < -0.4 is 5.32 Å². The number of hydrogen-bond donors (Lipinski definition) is 1. The molecule has 0 atom stereocenters. The second-order valence-electron chi connectivity index (χ2n) is 5.22. The lowest BCUT2D eigenvalue weighted by Gasteiger charge is -2.33. The van der Waals surface area contributed by atoms with Gasteiger partial charge in [-0.05, 0) is 19.1 Å². The molecule has 2 aromatic rings. The van der Waals surface area contributed by atoms with Crippen molar-refractivity contribution in [1.82, 2.24) is 20.0 Å². The van der Waals surface area contributed by atoms with Gasteiger partial charge in [-0.3, -0.25) is 19.8 Å². The second kappa shape index (κ2) is 6.88. The lowest BCUT2D eigenvalue weighted by Crippen LogP contribution is -2.50. The minimum absolute atomic E-state index is 0.108. The van der Waals surface area contributed by atoms with Crippen LogP contribution in [0.1, 0.15) is 15.6 Å². The highest BCUT2D eigenvalue weighted by Gasteiger charge is 2.24. The number of nitrogens with zero attached hydrogens (tertiary/aromatic N) is 4. The SMILES string of the molecule is Cc1nnc(NC(=O)CN2CCN(C(=O)c3ccco3)CC2)s1. The van der Waals surface area contributed by atoms with Crippen LogP contribution in [0.25, 0.3) is 0 Å². The fourth-order valence-electron chi connectivity index (χ4n) is 2.37. The molecule has 1 fully saturated rings. The smallest absolute Gasteiger partial charge is 0.289 e. The predicted molar refractivity (Wildman–Crippen MR) is 84.3 cm³/mol. The first-order chi connectivity index (χ1) is 11.1. The van der Waals surface area contributed by atoms with Crippen LogP contribution in [0, 0.1) is 6.92 Å². The fraction of sp³-hybridized carbons (Fsp3) is 0.429. The Balaban J connectivity index is 1.45. The van der Waals surface area contributed by atoms with E-state index in [9.17, 15) is 9.59 Å². The molecule has 2 aromatic heterocycles. The third-order valence-electron chi connectivity index (χ3n) is 3.53. The topological polar surface area (TPSA) is 91.6 Å². The third kappa shape index (κ3) is 3.93. The molecule has 0 radical (unpaired) electrons. The maximum Gasteiger partial charge on any atom is 0.289 e. The average molecular weight is 335 g/mol. The Kier molecular flexibility index (Phi) is 4.68. The molecule has 3 rings (SSSR count). The molecule has 1 N–H and O–H groups in total. The number of furan rings is 1. The van der Waals surface area contributed by atoms with Gasteiger partial charge < -0.3 is 9.32 Å². The number of aromatic nitrogens is 2. The lowest BCUT2D eigenvalue weighted by molar-refractivity contribution is -0.117. The molecule has 0 bridgehead atoms. The molecule has 0 spiro atoms. The molecule has 8 nitrogen and oxygen atoms in total. The Hall–Kier alpha value is -2.26. The van der Waals surface area contributed by atoms with E-state index in [-0.39, 0.29) is 18.4 Å². The van der Waals surface area contributed by atoms with Gasteiger partial charge in [0.15, 0.2) is 5.76 Å². The van der Waals surface area contributed by atoms with Crippen molar-refractivity contribution in [3.63, 3.8) is 0 Å². The quantitative estimate of drug-likeness (QED) is 0.890. The van der Waals surface area contributed by atoms with E-state index in [0.717, 1.165) is 5.01 Å².